The zero-order chi connectivity index (χ0) is 11.7. The molecular formula is C12H11ClN2O. The lowest BCUT2D eigenvalue weighted by molar-refractivity contribution is -0.117. The maximum atomic E-state index is 10.8. The second-order valence-electron chi connectivity index (χ2n) is 3.74. The highest BCUT2D eigenvalue weighted by molar-refractivity contribution is 6.31. The number of pyridine rings is 1. The Morgan fingerprint density at radius 1 is 1.44 bits per heavy atom. The van der Waals surface area contributed by atoms with Gasteiger partial charge in [0.15, 0.2) is 0 Å². The van der Waals surface area contributed by atoms with Crippen LogP contribution in [0, 0.1) is 6.92 Å². The van der Waals surface area contributed by atoms with Gasteiger partial charge < -0.3 is 5.73 Å². The standard InChI is InChI=1S/C12H11ClN2O/c1-7-4-9(6-12(14)16)15-11-3-2-8(13)5-10(7)11/h2-5H,6H2,1H3,(H2,14,16). The quantitative estimate of drug-likeness (QED) is 0.866. The molecule has 4 heteroatoms. The number of hydrogen-bond donors (Lipinski definition) is 1. The minimum atomic E-state index is -0.375. The van der Waals surface area contributed by atoms with Crippen LogP contribution in [0.4, 0.5) is 0 Å². The number of halogens is 1. The van der Waals surface area contributed by atoms with E-state index in [1.165, 1.54) is 0 Å². The summed E-state index contributed by atoms with van der Waals surface area (Å²) in [5.41, 5.74) is 7.72. The van der Waals surface area contributed by atoms with Gasteiger partial charge in [0.25, 0.3) is 0 Å². The van der Waals surface area contributed by atoms with Crippen LogP contribution < -0.4 is 5.73 Å². The van der Waals surface area contributed by atoms with Crippen LogP contribution in [0.3, 0.4) is 0 Å². The van der Waals surface area contributed by atoms with Gasteiger partial charge in [0, 0.05) is 10.4 Å². The molecule has 82 valence electrons. The Balaban J connectivity index is 2.59. The largest absolute Gasteiger partial charge is 0.369 e. The van der Waals surface area contributed by atoms with Crippen molar-refractivity contribution in [1.29, 1.82) is 0 Å². The zero-order valence-corrected chi connectivity index (χ0v) is 9.58. The van der Waals surface area contributed by atoms with Crippen molar-refractivity contribution in [1.82, 2.24) is 4.98 Å². The lowest BCUT2D eigenvalue weighted by Gasteiger charge is -2.05. The van der Waals surface area contributed by atoms with E-state index in [4.69, 9.17) is 17.3 Å². The van der Waals surface area contributed by atoms with E-state index in [1.54, 1.807) is 6.07 Å². The number of carbonyl (C=O) groups is 1. The van der Waals surface area contributed by atoms with E-state index < -0.39 is 0 Å². The minimum Gasteiger partial charge on any atom is -0.369 e. The summed E-state index contributed by atoms with van der Waals surface area (Å²) < 4.78 is 0. The molecule has 0 saturated carbocycles. The molecule has 1 heterocycles. The van der Waals surface area contributed by atoms with Crippen molar-refractivity contribution in [3.63, 3.8) is 0 Å². The Morgan fingerprint density at radius 2 is 2.19 bits per heavy atom. The van der Waals surface area contributed by atoms with Crippen LogP contribution in [-0.2, 0) is 11.2 Å². The maximum Gasteiger partial charge on any atom is 0.223 e. The van der Waals surface area contributed by atoms with Gasteiger partial charge in [-0.1, -0.05) is 11.6 Å². The number of carbonyl (C=O) groups excluding carboxylic acids is 1. The number of rotatable bonds is 2. The highest BCUT2D eigenvalue weighted by atomic mass is 35.5. The molecule has 1 aromatic carbocycles. The number of amides is 1. The Bertz CT molecular complexity index is 566. The minimum absolute atomic E-state index is 0.166. The monoisotopic (exact) mass is 234 g/mol. The van der Waals surface area contributed by atoms with Crippen LogP contribution >= 0.6 is 11.6 Å². The van der Waals surface area contributed by atoms with Crippen molar-refractivity contribution in [2.75, 3.05) is 0 Å². The molecule has 0 saturated heterocycles. The summed E-state index contributed by atoms with van der Waals surface area (Å²) in [7, 11) is 0. The summed E-state index contributed by atoms with van der Waals surface area (Å²) in [6.07, 6.45) is 0.166. The van der Waals surface area contributed by atoms with Crippen LogP contribution in [0.2, 0.25) is 5.02 Å². The Morgan fingerprint density at radius 3 is 2.88 bits per heavy atom. The predicted octanol–water partition coefficient (Wildman–Crippen LogP) is 2.22. The fourth-order valence-corrected chi connectivity index (χ4v) is 1.88. The van der Waals surface area contributed by atoms with Crippen LogP contribution in [0.25, 0.3) is 10.9 Å². The summed E-state index contributed by atoms with van der Waals surface area (Å²) in [4.78, 5) is 15.2. The Hall–Kier alpha value is -1.61. The lowest BCUT2D eigenvalue weighted by atomic mass is 10.1. The van der Waals surface area contributed by atoms with Gasteiger partial charge in [-0.15, -0.1) is 0 Å². The topological polar surface area (TPSA) is 56.0 Å². The molecule has 3 nitrogen and oxygen atoms in total. The van der Waals surface area contributed by atoms with Gasteiger partial charge in [-0.3, -0.25) is 9.78 Å². The second kappa shape index (κ2) is 4.10. The molecule has 1 amide bonds. The molecule has 0 radical (unpaired) electrons. The van der Waals surface area contributed by atoms with Gasteiger partial charge in [-0.2, -0.15) is 0 Å². The van der Waals surface area contributed by atoms with Crippen molar-refractivity contribution < 1.29 is 4.79 Å². The molecule has 0 atom stereocenters. The van der Waals surface area contributed by atoms with Gasteiger partial charge in [0.1, 0.15) is 0 Å². The zero-order valence-electron chi connectivity index (χ0n) is 8.83. The highest BCUT2D eigenvalue weighted by Gasteiger charge is 2.05. The first-order valence-electron chi connectivity index (χ1n) is 4.90. The molecule has 1 aromatic heterocycles. The summed E-state index contributed by atoms with van der Waals surface area (Å²) in [6.45, 7) is 1.96. The van der Waals surface area contributed by atoms with E-state index in [0.29, 0.717) is 10.7 Å². The average molecular weight is 235 g/mol. The SMILES string of the molecule is Cc1cc(CC(N)=O)nc2ccc(Cl)cc12. The predicted molar refractivity (Wildman–Crippen MR) is 64.4 cm³/mol. The van der Waals surface area contributed by atoms with Gasteiger partial charge >= 0.3 is 0 Å². The van der Waals surface area contributed by atoms with Crippen LogP contribution in [0.5, 0.6) is 0 Å². The number of hydrogen-bond acceptors (Lipinski definition) is 2. The van der Waals surface area contributed by atoms with E-state index in [0.717, 1.165) is 16.5 Å². The number of benzene rings is 1. The number of fused-ring (bicyclic) bond motifs is 1. The molecule has 0 aliphatic rings. The van der Waals surface area contributed by atoms with E-state index in [-0.39, 0.29) is 12.3 Å². The molecule has 0 aliphatic heterocycles. The molecule has 2 N–H and O–H groups in total. The first-order chi connectivity index (χ1) is 7.56. The number of aryl methyl sites for hydroxylation is 1. The third kappa shape index (κ3) is 2.14. The highest BCUT2D eigenvalue weighted by Crippen LogP contribution is 2.21. The van der Waals surface area contributed by atoms with Gasteiger partial charge in [0.05, 0.1) is 17.6 Å². The van der Waals surface area contributed by atoms with Crippen molar-refractivity contribution in [2.24, 2.45) is 5.73 Å². The smallest absolute Gasteiger partial charge is 0.223 e. The van der Waals surface area contributed by atoms with Crippen molar-refractivity contribution >= 4 is 28.4 Å². The van der Waals surface area contributed by atoms with E-state index in [9.17, 15) is 4.79 Å². The summed E-state index contributed by atoms with van der Waals surface area (Å²) >= 11 is 5.91. The molecule has 0 bridgehead atoms. The van der Waals surface area contributed by atoms with Gasteiger partial charge in [-0.05, 0) is 36.8 Å². The van der Waals surface area contributed by atoms with Crippen molar-refractivity contribution in [3.8, 4) is 0 Å². The summed E-state index contributed by atoms with van der Waals surface area (Å²) in [5, 5.41) is 1.68. The Labute approximate surface area is 98.2 Å². The second-order valence-corrected chi connectivity index (χ2v) is 4.17. The molecule has 0 unspecified atom stereocenters. The number of nitrogens with zero attached hydrogens (tertiary/aromatic N) is 1. The van der Waals surface area contributed by atoms with E-state index >= 15 is 0 Å². The van der Waals surface area contributed by atoms with Crippen LogP contribution in [0.1, 0.15) is 11.3 Å². The summed E-state index contributed by atoms with van der Waals surface area (Å²) in [5.74, 6) is -0.375. The molecule has 2 aromatic rings. The molecule has 0 fully saturated rings. The number of primary amides is 1. The molecule has 16 heavy (non-hydrogen) atoms. The fourth-order valence-electron chi connectivity index (χ4n) is 1.71. The van der Waals surface area contributed by atoms with Crippen LogP contribution in [0.15, 0.2) is 24.3 Å². The first kappa shape index (κ1) is 10.9. The van der Waals surface area contributed by atoms with Gasteiger partial charge in [0.2, 0.25) is 5.91 Å². The molecular weight excluding hydrogens is 224 g/mol. The van der Waals surface area contributed by atoms with Crippen molar-refractivity contribution in [3.05, 3.63) is 40.5 Å². The molecule has 2 rings (SSSR count). The number of aromatic nitrogens is 1. The van der Waals surface area contributed by atoms with Crippen LogP contribution in [-0.4, -0.2) is 10.9 Å². The normalized spacial score (nSPS) is 10.6. The fraction of sp³-hybridized carbons (Fsp3) is 0.167. The van der Waals surface area contributed by atoms with E-state index in [1.807, 2.05) is 25.1 Å². The third-order valence-corrected chi connectivity index (χ3v) is 2.62. The Kier molecular flexibility index (Phi) is 2.79. The van der Waals surface area contributed by atoms with E-state index in [2.05, 4.69) is 4.98 Å². The number of nitrogens with two attached hydrogens (primary N) is 1. The maximum absolute atomic E-state index is 10.8. The lowest BCUT2D eigenvalue weighted by Crippen LogP contribution is -2.14. The summed E-state index contributed by atoms with van der Waals surface area (Å²) in [6, 6.07) is 7.36. The van der Waals surface area contributed by atoms with Crippen molar-refractivity contribution in [2.45, 2.75) is 13.3 Å². The first-order valence-corrected chi connectivity index (χ1v) is 5.28. The van der Waals surface area contributed by atoms with Gasteiger partial charge in [-0.25, -0.2) is 0 Å². The molecule has 0 aliphatic carbocycles. The average Bonchev–Trinajstić information content (AvgIpc) is 2.18. The third-order valence-electron chi connectivity index (χ3n) is 2.39. The molecule has 0 spiro atoms.